The average molecular weight is 234 g/mol. The van der Waals surface area contributed by atoms with Crippen LogP contribution in [0.1, 0.15) is 39.2 Å². The molecule has 1 aromatic rings. The molecule has 0 saturated heterocycles. The lowest BCUT2D eigenvalue weighted by atomic mass is 9.91. The molecule has 0 bridgehead atoms. The van der Waals surface area contributed by atoms with Crippen LogP contribution in [-0.2, 0) is 0 Å². The largest absolute Gasteiger partial charge is 0.384 e. The maximum Gasteiger partial charge on any atom is 0.143 e. The maximum absolute atomic E-state index is 13.3. The Balaban J connectivity index is 2.53. The van der Waals surface area contributed by atoms with Crippen LogP contribution in [0.2, 0.25) is 0 Å². The molecule has 1 aromatic carbocycles. The van der Waals surface area contributed by atoms with Crippen molar-refractivity contribution in [1.82, 2.24) is 0 Å². The van der Waals surface area contributed by atoms with Gasteiger partial charge in [0.15, 0.2) is 0 Å². The summed E-state index contributed by atoms with van der Waals surface area (Å²) in [5.74, 6) is -0.465. The lowest BCUT2D eigenvalue weighted by molar-refractivity contribution is 0.370. The highest BCUT2D eigenvalue weighted by molar-refractivity contribution is 5.57. The van der Waals surface area contributed by atoms with Gasteiger partial charge >= 0.3 is 0 Å². The van der Waals surface area contributed by atoms with Gasteiger partial charge in [-0.1, -0.05) is 26.8 Å². The van der Waals surface area contributed by atoms with Crippen LogP contribution in [-0.4, -0.2) is 6.54 Å². The normalized spacial score (nSPS) is 11.0. The first-order valence-electron chi connectivity index (χ1n) is 5.86. The highest BCUT2D eigenvalue weighted by Gasteiger charge is 2.10. The lowest BCUT2D eigenvalue weighted by Crippen LogP contribution is -2.10. The number of hydrogen-bond acceptors (Lipinski definition) is 2. The van der Waals surface area contributed by atoms with Crippen molar-refractivity contribution in [2.24, 2.45) is 5.41 Å². The monoisotopic (exact) mass is 234 g/mol. The molecule has 0 radical (unpaired) electrons. The van der Waals surface area contributed by atoms with Gasteiger partial charge in [0.25, 0.3) is 0 Å². The zero-order valence-electron chi connectivity index (χ0n) is 10.7. The molecule has 17 heavy (non-hydrogen) atoms. The fraction of sp³-hybridized carbons (Fsp3) is 0.500. The Kier molecular flexibility index (Phi) is 4.51. The Morgan fingerprint density at radius 3 is 2.65 bits per heavy atom. The molecule has 0 heterocycles. The molecule has 0 aliphatic rings. The van der Waals surface area contributed by atoms with E-state index < -0.39 is 5.82 Å². The van der Waals surface area contributed by atoms with Crippen molar-refractivity contribution in [2.75, 3.05) is 11.9 Å². The Morgan fingerprint density at radius 1 is 1.35 bits per heavy atom. The van der Waals surface area contributed by atoms with E-state index in [-0.39, 0.29) is 5.56 Å². The smallest absolute Gasteiger partial charge is 0.143 e. The molecule has 3 heteroatoms. The number of halogens is 1. The van der Waals surface area contributed by atoms with Gasteiger partial charge in [0.2, 0.25) is 0 Å². The number of rotatable bonds is 4. The molecule has 0 unspecified atom stereocenters. The number of anilines is 1. The summed E-state index contributed by atoms with van der Waals surface area (Å²) < 4.78 is 13.3. The van der Waals surface area contributed by atoms with E-state index in [2.05, 4.69) is 26.1 Å². The van der Waals surface area contributed by atoms with Crippen molar-refractivity contribution in [3.05, 3.63) is 29.6 Å². The zero-order valence-corrected chi connectivity index (χ0v) is 10.7. The Labute approximate surface area is 102 Å². The first-order valence-corrected chi connectivity index (χ1v) is 5.86. The van der Waals surface area contributed by atoms with Crippen LogP contribution in [0.5, 0.6) is 0 Å². The predicted molar refractivity (Wildman–Crippen MR) is 68.3 cm³/mol. The molecule has 2 nitrogen and oxygen atoms in total. The molecule has 0 amide bonds. The molecule has 1 rings (SSSR count). The Bertz CT molecular complexity index is 413. The van der Waals surface area contributed by atoms with E-state index in [0.717, 1.165) is 19.4 Å². The van der Waals surface area contributed by atoms with Gasteiger partial charge in [-0.05, 0) is 30.4 Å². The van der Waals surface area contributed by atoms with E-state index in [9.17, 15) is 4.39 Å². The van der Waals surface area contributed by atoms with Crippen molar-refractivity contribution >= 4 is 5.69 Å². The van der Waals surface area contributed by atoms with Gasteiger partial charge in [0.05, 0.1) is 5.69 Å². The molecule has 0 aliphatic heterocycles. The highest BCUT2D eigenvalue weighted by Crippen LogP contribution is 2.21. The molecule has 0 aromatic heterocycles. The van der Waals surface area contributed by atoms with Crippen molar-refractivity contribution in [3.8, 4) is 6.07 Å². The van der Waals surface area contributed by atoms with Crippen LogP contribution in [0.15, 0.2) is 18.2 Å². The van der Waals surface area contributed by atoms with Crippen LogP contribution in [0.25, 0.3) is 0 Å². The molecule has 0 atom stereocenters. The SMILES string of the molecule is CC(C)(C)CCCNc1cccc(F)c1C#N. The molecule has 0 aliphatic carbocycles. The van der Waals surface area contributed by atoms with Gasteiger partial charge < -0.3 is 5.32 Å². The van der Waals surface area contributed by atoms with Gasteiger partial charge in [0, 0.05) is 6.54 Å². The summed E-state index contributed by atoms with van der Waals surface area (Å²) in [6.45, 7) is 7.33. The highest BCUT2D eigenvalue weighted by atomic mass is 19.1. The lowest BCUT2D eigenvalue weighted by Gasteiger charge is -2.18. The second-order valence-electron chi connectivity index (χ2n) is 5.37. The summed E-state index contributed by atoms with van der Waals surface area (Å²) in [6.07, 6.45) is 2.10. The van der Waals surface area contributed by atoms with Crippen molar-refractivity contribution in [2.45, 2.75) is 33.6 Å². The van der Waals surface area contributed by atoms with Gasteiger partial charge in [-0.3, -0.25) is 0 Å². The summed E-state index contributed by atoms with van der Waals surface area (Å²) in [5.41, 5.74) is 0.992. The average Bonchev–Trinajstić information content (AvgIpc) is 2.23. The van der Waals surface area contributed by atoms with E-state index >= 15 is 0 Å². The minimum absolute atomic E-state index is 0.100. The molecular formula is C14H19FN2. The minimum atomic E-state index is -0.465. The van der Waals surface area contributed by atoms with E-state index in [1.165, 1.54) is 6.07 Å². The number of benzene rings is 1. The van der Waals surface area contributed by atoms with Gasteiger partial charge in [0.1, 0.15) is 17.4 Å². The number of nitrogens with zero attached hydrogens (tertiary/aromatic N) is 1. The summed E-state index contributed by atoms with van der Waals surface area (Å²) in [5, 5.41) is 12.0. The Morgan fingerprint density at radius 2 is 2.06 bits per heavy atom. The van der Waals surface area contributed by atoms with Crippen molar-refractivity contribution in [1.29, 1.82) is 5.26 Å². The molecule has 1 N–H and O–H groups in total. The van der Waals surface area contributed by atoms with Gasteiger partial charge in [-0.2, -0.15) is 5.26 Å². The first kappa shape index (κ1) is 13.5. The fourth-order valence-corrected chi connectivity index (χ4v) is 1.63. The quantitative estimate of drug-likeness (QED) is 0.801. The second kappa shape index (κ2) is 5.67. The summed E-state index contributed by atoms with van der Waals surface area (Å²) in [7, 11) is 0. The van der Waals surface area contributed by atoms with Crippen LogP contribution in [0, 0.1) is 22.6 Å². The topological polar surface area (TPSA) is 35.8 Å². The third-order valence-electron chi connectivity index (χ3n) is 2.54. The molecular weight excluding hydrogens is 215 g/mol. The predicted octanol–water partition coefficient (Wildman–Crippen LogP) is 3.94. The number of nitrogens with one attached hydrogen (secondary N) is 1. The summed E-state index contributed by atoms with van der Waals surface area (Å²) >= 11 is 0. The van der Waals surface area contributed by atoms with Crippen LogP contribution >= 0.6 is 0 Å². The maximum atomic E-state index is 13.3. The third kappa shape index (κ3) is 4.44. The van der Waals surface area contributed by atoms with E-state index in [0.29, 0.717) is 11.1 Å². The van der Waals surface area contributed by atoms with Crippen LogP contribution in [0.3, 0.4) is 0 Å². The zero-order chi connectivity index (χ0) is 12.9. The molecule has 0 saturated carbocycles. The fourth-order valence-electron chi connectivity index (χ4n) is 1.63. The van der Waals surface area contributed by atoms with E-state index in [1.54, 1.807) is 12.1 Å². The number of nitriles is 1. The number of hydrogen-bond donors (Lipinski definition) is 1. The van der Waals surface area contributed by atoms with Crippen LogP contribution in [0.4, 0.5) is 10.1 Å². The second-order valence-corrected chi connectivity index (χ2v) is 5.37. The van der Waals surface area contributed by atoms with Gasteiger partial charge in [-0.15, -0.1) is 0 Å². The minimum Gasteiger partial charge on any atom is -0.384 e. The van der Waals surface area contributed by atoms with E-state index in [1.807, 2.05) is 6.07 Å². The summed E-state index contributed by atoms with van der Waals surface area (Å²) in [4.78, 5) is 0. The molecule has 0 fully saturated rings. The van der Waals surface area contributed by atoms with Crippen LogP contribution < -0.4 is 5.32 Å². The van der Waals surface area contributed by atoms with Gasteiger partial charge in [-0.25, -0.2) is 4.39 Å². The molecule has 92 valence electrons. The van der Waals surface area contributed by atoms with Crippen molar-refractivity contribution < 1.29 is 4.39 Å². The van der Waals surface area contributed by atoms with E-state index in [4.69, 9.17) is 5.26 Å². The molecule has 0 spiro atoms. The van der Waals surface area contributed by atoms with Crippen molar-refractivity contribution in [3.63, 3.8) is 0 Å². The summed E-state index contributed by atoms with van der Waals surface area (Å²) in [6, 6.07) is 6.54. The Hall–Kier alpha value is -1.56. The standard InChI is InChI=1S/C14H19FN2/c1-14(2,3)8-5-9-17-13-7-4-6-12(15)11(13)10-16/h4,6-7,17H,5,8-9H2,1-3H3. The first-order chi connectivity index (χ1) is 7.94. The third-order valence-corrected chi connectivity index (χ3v) is 2.54.